The van der Waals surface area contributed by atoms with E-state index in [-0.39, 0.29) is 11.8 Å². The van der Waals surface area contributed by atoms with Gasteiger partial charge in [-0.05, 0) is 43.6 Å². The van der Waals surface area contributed by atoms with Crippen molar-refractivity contribution in [3.05, 3.63) is 35.9 Å². The second-order valence-electron chi connectivity index (χ2n) is 7.39. The Morgan fingerprint density at radius 3 is 1.85 bits per heavy atom. The van der Waals surface area contributed by atoms with Gasteiger partial charge in [-0.15, -0.1) is 0 Å². The summed E-state index contributed by atoms with van der Waals surface area (Å²) in [5.74, 6) is -0.773. The van der Waals surface area contributed by atoms with Gasteiger partial charge in [0, 0.05) is 32.1 Å². The van der Waals surface area contributed by atoms with Crippen LogP contribution < -0.4 is 5.73 Å². The number of likely N-dealkylation sites (tertiary alicyclic amines) is 2. The molecule has 2 N–H and O–H groups in total. The summed E-state index contributed by atoms with van der Waals surface area (Å²) in [5.41, 5.74) is 6.64. The normalized spacial score (nSPS) is 19.4. The fourth-order valence-corrected chi connectivity index (χ4v) is 3.93. The lowest BCUT2D eigenvalue weighted by Gasteiger charge is -2.35. The van der Waals surface area contributed by atoms with Gasteiger partial charge in [0.05, 0.1) is 0 Å². The van der Waals surface area contributed by atoms with E-state index in [2.05, 4.69) is 12.1 Å². The van der Waals surface area contributed by atoms with Crippen LogP contribution in [0.5, 0.6) is 0 Å². The van der Waals surface area contributed by atoms with E-state index in [9.17, 15) is 14.4 Å². The number of nitrogens with zero attached hydrogens (tertiary/aromatic N) is 2. The largest absolute Gasteiger partial charge is 0.369 e. The van der Waals surface area contributed by atoms with Gasteiger partial charge in [-0.2, -0.15) is 0 Å². The summed E-state index contributed by atoms with van der Waals surface area (Å²) in [6.07, 6.45) is 3.98. The fourth-order valence-electron chi connectivity index (χ4n) is 3.93. The third kappa shape index (κ3) is 4.42. The smallest absolute Gasteiger partial charge is 0.312 e. The quantitative estimate of drug-likeness (QED) is 0.825. The molecule has 0 aliphatic carbocycles. The number of amides is 3. The Kier molecular flexibility index (Phi) is 5.91. The maximum atomic E-state index is 12.5. The molecule has 2 aliphatic rings. The highest BCUT2D eigenvalue weighted by Gasteiger charge is 2.33. The maximum absolute atomic E-state index is 12.5. The summed E-state index contributed by atoms with van der Waals surface area (Å²) in [5, 5.41) is 0. The average Bonchev–Trinajstić information content (AvgIpc) is 2.68. The standard InChI is InChI=1S/C20H27N3O3/c21-18(24)17-8-12-23(13-9-17)20(26)19(25)22-10-6-16(7-11-22)14-15-4-2-1-3-5-15/h1-5,16-17H,6-14H2,(H2,21,24). The van der Waals surface area contributed by atoms with E-state index in [1.165, 1.54) is 5.56 Å². The third-order valence-electron chi connectivity index (χ3n) is 5.64. The minimum absolute atomic E-state index is 0.178. The zero-order valence-electron chi connectivity index (χ0n) is 15.1. The number of hydrogen-bond donors (Lipinski definition) is 1. The molecule has 0 bridgehead atoms. The Morgan fingerprint density at radius 1 is 0.846 bits per heavy atom. The molecule has 0 spiro atoms. The van der Waals surface area contributed by atoms with Gasteiger partial charge in [-0.25, -0.2) is 0 Å². The Bertz CT molecular complexity index is 646. The van der Waals surface area contributed by atoms with E-state index in [4.69, 9.17) is 5.73 Å². The van der Waals surface area contributed by atoms with E-state index >= 15 is 0 Å². The van der Waals surface area contributed by atoms with Crippen LogP contribution in [0.3, 0.4) is 0 Å². The molecule has 0 unspecified atom stereocenters. The fraction of sp³-hybridized carbons (Fsp3) is 0.550. The van der Waals surface area contributed by atoms with Crippen LogP contribution in [0, 0.1) is 11.8 Å². The van der Waals surface area contributed by atoms with Gasteiger partial charge in [0.2, 0.25) is 5.91 Å². The van der Waals surface area contributed by atoms with Crippen LogP contribution in [0.1, 0.15) is 31.2 Å². The Balaban J connectivity index is 1.46. The van der Waals surface area contributed by atoms with Crippen LogP contribution in [0.15, 0.2) is 30.3 Å². The van der Waals surface area contributed by atoms with E-state index in [1.54, 1.807) is 9.80 Å². The number of piperidine rings is 2. The van der Waals surface area contributed by atoms with Crippen molar-refractivity contribution in [3.63, 3.8) is 0 Å². The molecule has 2 saturated heterocycles. The SMILES string of the molecule is NC(=O)C1CCN(C(=O)C(=O)N2CCC(Cc3ccccc3)CC2)CC1. The average molecular weight is 357 g/mol. The number of carbonyl (C=O) groups is 3. The lowest BCUT2D eigenvalue weighted by atomic mass is 9.90. The third-order valence-corrected chi connectivity index (χ3v) is 5.64. The Morgan fingerprint density at radius 2 is 1.35 bits per heavy atom. The van der Waals surface area contributed by atoms with Gasteiger partial charge in [0.1, 0.15) is 0 Å². The zero-order valence-corrected chi connectivity index (χ0v) is 15.1. The van der Waals surface area contributed by atoms with Gasteiger partial charge < -0.3 is 15.5 Å². The van der Waals surface area contributed by atoms with E-state index in [0.29, 0.717) is 44.9 Å². The first kappa shape index (κ1) is 18.4. The molecule has 3 rings (SSSR count). The molecular formula is C20H27N3O3. The van der Waals surface area contributed by atoms with Crippen molar-refractivity contribution in [1.82, 2.24) is 9.80 Å². The molecular weight excluding hydrogens is 330 g/mol. The minimum atomic E-state index is -0.436. The Labute approximate surface area is 154 Å². The number of primary amides is 1. The summed E-state index contributed by atoms with van der Waals surface area (Å²) in [4.78, 5) is 39.5. The highest BCUT2D eigenvalue weighted by molar-refractivity contribution is 6.34. The second kappa shape index (κ2) is 8.34. The number of benzene rings is 1. The molecule has 1 aromatic rings. The molecule has 6 heteroatoms. The van der Waals surface area contributed by atoms with E-state index in [1.807, 2.05) is 18.2 Å². The first-order valence-electron chi connectivity index (χ1n) is 9.46. The summed E-state index contributed by atoms with van der Waals surface area (Å²) in [6.45, 7) is 2.14. The van der Waals surface area contributed by atoms with Gasteiger partial charge in [-0.3, -0.25) is 14.4 Å². The molecule has 2 aliphatic heterocycles. The van der Waals surface area contributed by atoms with Gasteiger partial charge >= 0.3 is 11.8 Å². The van der Waals surface area contributed by atoms with Gasteiger partial charge in [-0.1, -0.05) is 30.3 Å². The summed E-state index contributed by atoms with van der Waals surface area (Å²) in [7, 11) is 0. The minimum Gasteiger partial charge on any atom is -0.369 e. The van der Waals surface area contributed by atoms with Crippen LogP contribution in [-0.4, -0.2) is 53.7 Å². The first-order chi connectivity index (χ1) is 12.5. The number of rotatable bonds is 3. The highest BCUT2D eigenvalue weighted by Crippen LogP contribution is 2.23. The number of nitrogens with two attached hydrogens (primary N) is 1. The lowest BCUT2D eigenvalue weighted by Crippen LogP contribution is -2.50. The zero-order chi connectivity index (χ0) is 18.5. The van der Waals surface area contributed by atoms with Crippen LogP contribution in [0.4, 0.5) is 0 Å². The molecule has 0 radical (unpaired) electrons. The molecule has 0 atom stereocenters. The molecule has 2 fully saturated rings. The summed E-state index contributed by atoms with van der Waals surface area (Å²) >= 11 is 0. The monoisotopic (exact) mass is 357 g/mol. The highest BCUT2D eigenvalue weighted by atomic mass is 16.2. The summed E-state index contributed by atoms with van der Waals surface area (Å²) in [6, 6.07) is 10.4. The molecule has 3 amide bonds. The Hall–Kier alpha value is -2.37. The molecule has 26 heavy (non-hydrogen) atoms. The van der Waals surface area contributed by atoms with Crippen LogP contribution in [0.25, 0.3) is 0 Å². The maximum Gasteiger partial charge on any atom is 0.312 e. The molecule has 0 saturated carbocycles. The summed E-state index contributed by atoms with van der Waals surface area (Å²) < 4.78 is 0. The second-order valence-corrected chi connectivity index (χ2v) is 7.39. The molecule has 2 heterocycles. The van der Waals surface area contributed by atoms with Crippen LogP contribution in [-0.2, 0) is 20.8 Å². The van der Waals surface area contributed by atoms with E-state index < -0.39 is 11.8 Å². The van der Waals surface area contributed by atoms with E-state index in [0.717, 1.165) is 19.3 Å². The van der Waals surface area contributed by atoms with Gasteiger partial charge in [0.25, 0.3) is 0 Å². The molecule has 1 aromatic carbocycles. The predicted octanol–water partition coefficient (Wildman–Crippen LogP) is 1.19. The van der Waals surface area contributed by atoms with Crippen molar-refractivity contribution in [1.29, 1.82) is 0 Å². The van der Waals surface area contributed by atoms with Crippen molar-refractivity contribution >= 4 is 17.7 Å². The number of carbonyl (C=O) groups excluding carboxylic acids is 3. The van der Waals surface area contributed by atoms with Crippen molar-refractivity contribution < 1.29 is 14.4 Å². The topological polar surface area (TPSA) is 83.7 Å². The number of hydrogen-bond acceptors (Lipinski definition) is 3. The molecule has 6 nitrogen and oxygen atoms in total. The van der Waals surface area contributed by atoms with Crippen molar-refractivity contribution in [3.8, 4) is 0 Å². The van der Waals surface area contributed by atoms with Crippen LogP contribution >= 0.6 is 0 Å². The predicted molar refractivity (Wildman–Crippen MR) is 97.9 cm³/mol. The van der Waals surface area contributed by atoms with Gasteiger partial charge in [0.15, 0.2) is 0 Å². The van der Waals surface area contributed by atoms with Crippen molar-refractivity contribution in [2.24, 2.45) is 17.6 Å². The lowest BCUT2D eigenvalue weighted by molar-refractivity contribution is -0.153. The van der Waals surface area contributed by atoms with Crippen molar-refractivity contribution in [2.45, 2.75) is 32.1 Å². The first-order valence-corrected chi connectivity index (χ1v) is 9.46. The van der Waals surface area contributed by atoms with Crippen LogP contribution in [0.2, 0.25) is 0 Å². The molecule has 140 valence electrons. The van der Waals surface area contributed by atoms with Crippen molar-refractivity contribution in [2.75, 3.05) is 26.2 Å². The molecule has 0 aromatic heterocycles.